The highest BCUT2D eigenvalue weighted by Gasteiger charge is 2.28. The zero-order chi connectivity index (χ0) is 11.5. The standard InChI is InChI=1S/C12H21NOSi/c1-12(2,3)11(14-15(4)5)10-8-6-7-9-13-10/h6-9,11,15H,1-5H3. The molecule has 0 aromatic carbocycles. The normalized spacial score (nSPS) is 14.3. The van der Waals surface area contributed by atoms with Crippen LogP contribution in [0.25, 0.3) is 0 Å². The van der Waals surface area contributed by atoms with E-state index in [2.05, 4.69) is 38.8 Å². The van der Waals surface area contributed by atoms with Gasteiger partial charge < -0.3 is 4.43 Å². The van der Waals surface area contributed by atoms with Crippen LogP contribution in [0.1, 0.15) is 32.6 Å². The molecule has 1 unspecified atom stereocenters. The van der Waals surface area contributed by atoms with E-state index in [-0.39, 0.29) is 11.5 Å². The first-order valence-corrected chi connectivity index (χ1v) is 8.25. The summed E-state index contributed by atoms with van der Waals surface area (Å²) < 4.78 is 6.08. The van der Waals surface area contributed by atoms with E-state index in [4.69, 9.17) is 4.43 Å². The highest BCUT2D eigenvalue weighted by Crippen LogP contribution is 2.35. The van der Waals surface area contributed by atoms with Gasteiger partial charge in [-0.05, 0) is 30.6 Å². The van der Waals surface area contributed by atoms with E-state index in [1.54, 1.807) is 0 Å². The van der Waals surface area contributed by atoms with E-state index in [1.807, 2.05) is 24.4 Å². The maximum Gasteiger partial charge on any atom is 0.171 e. The lowest BCUT2D eigenvalue weighted by Crippen LogP contribution is -2.26. The van der Waals surface area contributed by atoms with Gasteiger partial charge in [0.2, 0.25) is 0 Å². The lowest BCUT2D eigenvalue weighted by Gasteiger charge is -2.32. The molecule has 0 N–H and O–H groups in total. The number of rotatable bonds is 3. The van der Waals surface area contributed by atoms with Gasteiger partial charge in [0.05, 0.1) is 11.8 Å². The van der Waals surface area contributed by atoms with Crippen LogP contribution in [-0.4, -0.2) is 14.0 Å². The zero-order valence-electron chi connectivity index (χ0n) is 10.3. The van der Waals surface area contributed by atoms with Crippen molar-refractivity contribution in [3.63, 3.8) is 0 Å². The predicted molar refractivity (Wildman–Crippen MR) is 66.4 cm³/mol. The van der Waals surface area contributed by atoms with Gasteiger partial charge in [-0.1, -0.05) is 26.8 Å². The Labute approximate surface area is 94.4 Å². The van der Waals surface area contributed by atoms with Gasteiger partial charge in [0, 0.05) is 6.20 Å². The Morgan fingerprint density at radius 3 is 2.33 bits per heavy atom. The lowest BCUT2D eigenvalue weighted by molar-refractivity contribution is 0.0827. The maximum absolute atomic E-state index is 6.08. The van der Waals surface area contributed by atoms with Gasteiger partial charge in [0.1, 0.15) is 0 Å². The molecule has 15 heavy (non-hydrogen) atoms. The molecule has 2 nitrogen and oxygen atoms in total. The first-order chi connectivity index (χ1) is 6.91. The Morgan fingerprint density at radius 1 is 1.27 bits per heavy atom. The molecule has 0 amide bonds. The summed E-state index contributed by atoms with van der Waals surface area (Å²) >= 11 is 0. The van der Waals surface area contributed by atoms with Crippen molar-refractivity contribution in [3.8, 4) is 0 Å². The van der Waals surface area contributed by atoms with Crippen LogP contribution in [0.15, 0.2) is 24.4 Å². The molecule has 0 aliphatic heterocycles. The van der Waals surface area contributed by atoms with Crippen LogP contribution in [0.2, 0.25) is 13.1 Å². The lowest BCUT2D eigenvalue weighted by atomic mass is 9.87. The van der Waals surface area contributed by atoms with Crippen molar-refractivity contribution in [1.29, 1.82) is 0 Å². The fourth-order valence-electron chi connectivity index (χ4n) is 1.52. The summed E-state index contributed by atoms with van der Waals surface area (Å²) in [6.07, 6.45) is 1.95. The minimum atomic E-state index is -1.04. The predicted octanol–water partition coefficient (Wildman–Crippen LogP) is 3.17. The van der Waals surface area contributed by atoms with E-state index in [9.17, 15) is 0 Å². The smallest absolute Gasteiger partial charge is 0.171 e. The Morgan fingerprint density at radius 2 is 1.93 bits per heavy atom. The maximum atomic E-state index is 6.08. The molecule has 0 spiro atoms. The molecule has 0 saturated heterocycles. The van der Waals surface area contributed by atoms with Gasteiger partial charge in [-0.15, -0.1) is 0 Å². The van der Waals surface area contributed by atoms with Crippen LogP contribution < -0.4 is 0 Å². The molecule has 1 heterocycles. The average molecular weight is 223 g/mol. The Balaban J connectivity index is 2.92. The largest absolute Gasteiger partial charge is 0.412 e. The SMILES string of the molecule is C[SiH](C)OC(c1ccccn1)C(C)(C)C. The van der Waals surface area contributed by atoms with E-state index >= 15 is 0 Å². The monoisotopic (exact) mass is 223 g/mol. The number of hydrogen-bond acceptors (Lipinski definition) is 2. The van der Waals surface area contributed by atoms with Gasteiger partial charge in [-0.25, -0.2) is 0 Å². The second-order valence-electron chi connectivity index (χ2n) is 5.19. The van der Waals surface area contributed by atoms with Crippen molar-refractivity contribution in [1.82, 2.24) is 4.98 Å². The zero-order valence-corrected chi connectivity index (χ0v) is 11.5. The van der Waals surface area contributed by atoms with Crippen LogP contribution >= 0.6 is 0 Å². The fraction of sp³-hybridized carbons (Fsp3) is 0.583. The first-order valence-electron chi connectivity index (χ1n) is 5.47. The van der Waals surface area contributed by atoms with Crippen LogP contribution in [0.3, 0.4) is 0 Å². The summed E-state index contributed by atoms with van der Waals surface area (Å²) in [5.74, 6) is 0. The highest BCUT2D eigenvalue weighted by atomic mass is 28.3. The second kappa shape index (κ2) is 4.90. The third-order valence-corrected chi connectivity index (χ3v) is 2.97. The molecule has 0 radical (unpaired) electrons. The summed E-state index contributed by atoms with van der Waals surface area (Å²) in [5, 5.41) is 0. The minimum Gasteiger partial charge on any atom is -0.412 e. The Hall–Kier alpha value is -0.673. The molecule has 0 fully saturated rings. The third kappa shape index (κ3) is 3.76. The van der Waals surface area contributed by atoms with Crippen LogP contribution in [-0.2, 0) is 4.43 Å². The average Bonchev–Trinajstić information content (AvgIpc) is 2.14. The van der Waals surface area contributed by atoms with Gasteiger partial charge in [0.25, 0.3) is 0 Å². The topological polar surface area (TPSA) is 22.1 Å². The molecule has 0 aliphatic rings. The van der Waals surface area contributed by atoms with E-state index < -0.39 is 9.04 Å². The molecule has 0 saturated carbocycles. The second-order valence-corrected chi connectivity index (χ2v) is 7.56. The summed E-state index contributed by atoms with van der Waals surface area (Å²) in [6.45, 7) is 11.0. The molecular formula is C12H21NOSi. The number of pyridine rings is 1. The molecule has 0 bridgehead atoms. The first kappa shape index (κ1) is 12.4. The molecule has 1 aromatic heterocycles. The van der Waals surface area contributed by atoms with E-state index in [0.29, 0.717) is 0 Å². The summed E-state index contributed by atoms with van der Waals surface area (Å²) in [6, 6.07) is 6.01. The molecule has 1 atom stereocenters. The van der Waals surface area contributed by atoms with Crippen molar-refractivity contribution in [2.24, 2.45) is 5.41 Å². The van der Waals surface area contributed by atoms with Crippen LogP contribution in [0.4, 0.5) is 0 Å². The number of nitrogens with zero attached hydrogens (tertiary/aromatic N) is 1. The Bertz CT molecular complexity index is 292. The quantitative estimate of drug-likeness (QED) is 0.734. The molecular weight excluding hydrogens is 202 g/mol. The van der Waals surface area contributed by atoms with E-state index in [0.717, 1.165) is 5.69 Å². The summed E-state index contributed by atoms with van der Waals surface area (Å²) in [7, 11) is -1.04. The van der Waals surface area contributed by atoms with Gasteiger partial charge in [-0.2, -0.15) is 0 Å². The van der Waals surface area contributed by atoms with Crippen molar-refractivity contribution in [3.05, 3.63) is 30.1 Å². The van der Waals surface area contributed by atoms with Crippen molar-refractivity contribution >= 4 is 9.04 Å². The molecule has 0 aliphatic carbocycles. The Kier molecular flexibility index (Phi) is 4.05. The molecule has 84 valence electrons. The van der Waals surface area contributed by atoms with Gasteiger partial charge in [-0.3, -0.25) is 4.98 Å². The summed E-state index contributed by atoms with van der Waals surface area (Å²) in [5.41, 5.74) is 1.15. The van der Waals surface area contributed by atoms with Crippen molar-refractivity contribution in [2.45, 2.75) is 40.0 Å². The van der Waals surface area contributed by atoms with Crippen molar-refractivity contribution in [2.75, 3.05) is 0 Å². The number of aromatic nitrogens is 1. The highest BCUT2D eigenvalue weighted by molar-refractivity contribution is 6.48. The molecule has 1 rings (SSSR count). The fourth-order valence-corrected chi connectivity index (χ4v) is 2.61. The van der Waals surface area contributed by atoms with Gasteiger partial charge >= 0.3 is 0 Å². The molecule has 3 heteroatoms. The van der Waals surface area contributed by atoms with Crippen LogP contribution in [0, 0.1) is 5.41 Å². The van der Waals surface area contributed by atoms with Gasteiger partial charge in [0.15, 0.2) is 9.04 Å². The third-order valence-electron chi connectivity index (χ3n) is 2.15. The number of hydrogen-bond donors (Lipinski definition) is 0. The van der Waals surface area contributed by atoms with E-state index in [1.165, 1.54) is 0 Å². The summed E-state index contributed by atoms with van der Waals surface area (Å²) in [4.78, 5) is 4.40. The minimum absolute atomic E-state index is 0.103. The van der Waals surface area contributed by atoms with Crippen LogP contribution in [0.5, 0.6) is 0 Å². The molecule has 1 aromatic rings. The van der Waals surface area contributed by atoms with Crippen molar-refractivity contribution < 1.29 is 4.43 Å².